The third-order valence-corrected chi connectivity index (χ3v) is 4.53. The van der Waals surface area contributed by atoms with Crippen molar-refractivity contribution in [2.75, 3.05) is 5.32 Å². The van der Waals surface area contributed by atoms with Gasteiger partial charge in [0.05, 0.1) is 5.69 Å². The first-order valence-corrected chi connectivity index (χ1v) is 8.56. The van der Waals surface area contributed by atoms with Crippen LogP contribution in [0.1, 0.15) is 42.0 Å². The molecule has 0 saturated heterocycles. The van der Waals surface area contributed by atoms with Crippen molar-refractivity contribution in [3.05, 3.63) is 51.2 Å². The Labute approximate surface area is 151 Å². The number of aromatic nitrogens is 3. The minimum absolute atomic E-state index is 0.200. The fourth-order valence-corrected chi connectivity index (χ4v) is 3.17. The van der Waals surface area contributed by atoms with E-state index in [0.29, 0.717) is 23.3 Å². The van der Waals surface area contributed by atoms with E-state index in [-0.39, 0.29) is 17.2 Å². The van der Waals surface area contributed by atoms with Crippen molar-refractivity contribution >= 4 is 22.7 Å². The van der Waals surface area contributed by atoms with Crippen molar-refractivity contribution in [3.8, 4) is 0 Å². The number of nitrogens with one attached hydrogen (secondary N) is 1. The number of carbonyl (C=O) groups excluding carboxylic acids is 1. The normalized spacial score (nSPS) is 12.3. The molecule has 2 aromatic heterocycles. The largest absolute Gasteiger partial charge is 0.335 e. The highest BCUT2D eigenvalue weighted by Gasteiger charge is 2.25. The SMILES string of the molecule is CC[C@H](C(=O)Nc1ccc(C)cc1C)n1c(C)nc2onc(C)c2c1=O. The van der Waals surface area contributed by atoms with Crippen molar-refractivity contribution in [2.45, 2.75) is 47.1 Å². The Morgan fingerprint density at radius 1 is 1.27 bits per heavy atom. The van der Waals surface area contributed by atoms with E-state index in [9.17, 15) is 9.59 Å². The summed E-state index contributed by atoms with van der Waals surface area (Å²) in [5, 5.41) is 7.05. The van der Waals surface area contributed by atoms with Crippen LogP contribution in [0.3, 0.4) is 0 Å². The van der Waals surface area contributed by atoms with Crippen LogP contribution in [0, 0.1) is 27.7 Å². The minimum Gasteiger partial charge on any atom is -0.335 e. The molecule has 136 valence electrons. The first-order chi connectivity index (χ1) is 12.3. The monoisotopic (exact) mass is 354 g/mol. The van der Waals surface area contributed by atoms with Gasteiger partial charge in [-0.3, -0.25) is 14.2 Å². The maximum atomic E-state index is 12.9. The zero-order valence-electron chi connectivity index (χ0n) is 15.6. The quantitative estimate of drug-likeness (QED) is 0.777. The standard InChI is InChI=1S/C19H22N4O3/c1-6-15(17(24)21-14-8-7-10(2)9-11(14)3)23-13(5)20-18-16(19(23)25)12(4)22-26-18/h7-9,15H,6H2,1-5H3,(H,21,24)/t15-/m1/s1. The van der Waals surface area contributed by atoms with Gasteiger partial charge in [-0.15, -0.1) is 0 Å². The van der Waals surface area contributed by atoms with Gasteiger partial charge < -0.3 is 9.84 Å². The molecule has 0 saturated carbocycles. The lowest BCUT2D eigenvalue weighted by molar-refractivity contribution is -0.119. The van der Waals surface area contributed by atoms with Crippen LogP contribution in [0.5, 0.6) is 0 Å². The van der Waals surface area contributed by atoms with E-state index in [1.54, 1.807) is 13.8 Å². The molecule has 1 atom stereocenters. The molecule has 3 rings (SSSR count). The molecule has 0 aliphatic heterocycles. The molecule has 0 aliphatic carbocycles. The number of aryl methyl sites for hydroxylation is 4. The van der Waals surface area contributed by atoms with Crippen LogP contribution in [-0.2, 0) is 4.79 Å². The Bertz CT molecular complexity index is 1050. The topological polar surface area (TPSA) is 90.0 Å². The van der Waals surface area contributed by atoms with Gasteiger partial charge in [0.25, 0.3) is 11.3 Å². The Kier molecular flexibility index (Phi) is 4.63. The summed E-state index contributed by atoms with van der Waals surface area (Å²) in [5.41, 5.74) is 3.19. The molecular weight excluding hydrogens is 332 g/mol. The second-order valence-corrected chi connectivity index (χ2v) is 6.51. The zero-order valence-corrected chi connectivity index (χ0v) is 15.6. The smallest absolute Gasteiger partial charge is 0.267 e. The summed E-state index contributed by atoms with van der Waals surface area (Å²) < 4.78 is 6.51. The summed E-state index contributed by atoms with van der Waals surface area (Å²) in [6.07, 6.45) is 0.453. The van der Waals surface area contributed by atoms with Crippen molar-refractivity contribution < 1.29 is 9.32 Å². The van der Waals surface area contributed by atoms with Gasteiger partial charge in [-0.25, -0.2) is 0 Å². The molecule has 26 heavy (non-hydrogen) atoms. The highest BCUT2D eigenvalue weighted by Crippen LogP contribution is 2.21. The van der Waals surface area contributed by atoms with E-state index >= 15 is 0 Å². The zero-order chi connectivity index (χ0) is 19.0. The molecule has 2 heterocycles. The van der Waals surface area contributed by atoms with Gasteiger partial charge in [0.15, 0.2) is 0 Å². The van der Waals surface area contributed by atoms with Crippen LogP contribution >= 0.6 is 0 Å². The second kappa shape index (κ2) is 6.74. The third-order valence-electron chi connectivity index (χ3n) is 4.53. The fourth-order valence-electron chi connectivity index (χ4n) is 3.17. The number of rotatable bonds is 4. The molecule has 0 spiro atoms. The summed E-state index contributed by atoms with van der Waals surface area (Å²) in [4.78, 5) is 30.1. The van der Waals surface area contributed by atoms with Gasteiger partial charge in [-0.2, -0.15) is 4.98 Å². The van der Waals surface area contributed by atoms with Crippen LogP contribution in [0.15, 0.2) is 27.5 Å². The number of benzene rings is 1. The molecule has 0 unspecified atom stereocenters. The molecule has 1 aromatic carbocycles. The Morgan fingerprint density at radius 3 is 2.65 bits per heavy atom. The number of hydrogen-bond acceptors (Lipinski definition) is 5. The molecule has 0 bridgehead atoms. The van der Waals surface area contributed by atoms with Crippen LogP contribution in [0.2, 0.25) is 0 Å². The van der Waals surface area contributed by atoms with Crippen LogP contribution in [-0.4, -0.2) is 20.6 Å². The number of fused-ring (bicyclic) bond motifs is 1. The maximum absolute atomic E-state index is 12.9. The van der Waals surface area contributed by atoms with E-state index in [2.05, 4.69) is 15.5 Å². The molecule has 3 aromatic rings. The van der Waals surface area contributed by atoms with Crippen molar-refractivity contribution in [1.82, 2.24) is 14.7 Å². The average molecular weight is 354 g/mol. The van der Waals surface area contributed by atoms with E-state index in [1.165, 1.54) is 4.57 Å². The number of anilines is 1. The first-order valence-electron chi connectivity index (χ1n) is 8.56. The highest BCUT2D eigenvalue weighted by molar-refractivity contribution is 5.94. The van der Waals surface area contributed by atoms with Crippen molar-refractivity contribution in [2.24, 2.45) is 0 Å². The van der Waals surface area contributed by atoms with E-state index in [4.69, 9.17) is 4.52 Å². The third kappa shape index (κ3) is 3.00. The summed E-state index contributed by atoms with van der Waals surface area (Å²) in [7, 11) is 0. The highest BCUT2D eigenvalue weighted by atomic mass is 16.5. The summed E-state index contributed by atoms with van der Waals surface area (Å²) >= 11 is 0. The molecular formula is C19H22N4O3. The predicted molar refractivity (Wildman–Crippen MR) is 99.4 cm³/mol. The van der Waals surface area contributed by atoms with Crippen molar-refractivity contribution in [3.63, 3.8) is 0 Å². The minimum atomic E-state index is -0.672. The molecule has 0 fully saturated rings. The summed E-state index contributed by atoms with van der Waals surface area (Å²) in [6, 6.07) is 5.14. The van der Waals surface area contributed by atoms with Crippen molar-refractivity contribution in [1.29, 1.82) is 0 Å². The lowest BCUT2D eigenvalue weighted by atomic mass is 10.1. The van der Waals surface area contributed by atoms with Gasteiger partial charge >= 0.3 is 0 Å². The molecule has 1 N–H and O–H groups in total. The maximum Gasteiger partial charge on any atom is 0.267 e. The summed E-state index contributed by atoms with van der Waals surface area (Å²) in [6.45, 7) is 9.17. The van der Waals surface area contributed by atoms with Crippen LogP contribution in [0.25, 0.3) is 11.1 Å². The van der Waals surface area contributed by atoms with E-state index in [1.807, 2.05) is 39.0 Å². The molecule has 7 heteroatoms. The van der Waals surface area contributed by atoms with Gasteiger partial charge in [0, 0.05) is 5.69 Å². The van der Waals surface area contributed by atoms with Crippen LogP contribution < -0.4 is 10.9 Å². The van der Waals surface area contributed by atoms with E-state index in [0.717, 1.165) is 16.8 Å². The predicted octanol–water partition coefficient (Wildman–Crippen LogP) is 3.21. The number of hydrogen-bond donors (Lipinski definition) is 1. The molecule has 0 aliphatic rings. The van der Waals surface area contributed by atoms with Gasteiger partial charge in [-0.1, -0.05) is 29.8 Å². The Morgan fingerprint density at radius 2 is 2.00 bits per heavy atom. The average Bonchev–Trinajstić information content (AvgIpc) is 2.94. The molecule has 0 radical (unpaired) electrons. The molecule has 7 nitrogen and oxygen atoms in total. The first kappa shape index (κ1) is 17.8. The molecule has 1 amide bonds. The Hall–Kier alpha value is -2.96. The summed E-state index contributed by atoms with van der Waals surface area (Å²) in [5.74, 6) is 0.168. The number of carbonyl (C=O) groups is 1. The number of nitrogens with zero attached hydrogens (tertiary/aromatic N) is 3. The van der Waals surface area contributed by atoms with E-state index < -0.39 is 6.04 Å². The fraction of sp³-hybridized carbons (Fsp3) is 0.368. The number of amides is 1. The lowest BCUT2D eigenvalue weighted by Gasteiger charge is -2.20. The van der Waals surface area contributed by atoms with Gasteiger partial charge in [0.2, 0.25) is 5.91 Å². The lowest BCUT2D eigenvalue weighted by Crippen LogP contribution is -2.35. The van der Waals surface area contributed by atoms with Gasteiger partial charge in [0.1, 0.15) is 17.3 Å². The van der Waals surface area contributed by atoms with Gasteiger partial charge in [-0.05, 0) is 45.7 Å². The Balaban J connectivity index is 2.03. The van der Waals surface area contributed by atoms with Crippen LogP contribution in [0.4, 0.5) is 5.69 Å². The second-order valence-electron chi connectivity index (χ2n) is 6.51.